The molecule has 2 aromatic carbocycles. The van der Waals surface area contributed by atoms with Crippen molar-refractivity contribution in [2.45, 2.75) is 13.8 Å². The number of nitrogens with zero attached hydrogens (tertiary/aromatic N) is 2. The number of anilines is 1. The minimum absolute atomic E-state index is 0.293. The van der Waals surface area contributed by atoms with E-state index in [9.17, 15) is 19.6 Å². The Balaban J connectivity index is 1.35. The Morgan fingerprint density at radius 2 is 1.77 bits per heavy atom. The summed E-state index contributed by atoms with van der Waals surface area (Å²) < 4.78 is 23.0. The third kappa shape index (κ3) is 6.37. The minimum atomic E-state index is -0.992. The van der Waals surface area contributed by atoms with Gasteiger partial charge in [0.2, 0.25) is 0 Å². The van der Waals surface area contributed by atoms with Gasteiger partial charge in [-0.2, -0.15) is 5.26 Å². The topological polar surface area (TPSA) is 141 Å². The predicted molar refractivity (Wildman–Crippen MR) is 141 cm³/mol. The lowest BCUT2D eigenvalue weighted by molar-refractivity contribution is -0.144. The molecule has 1 aromatic heterocycles. The molecule has 39 heavy (non-hydrogen) atoms. The van der Waals surface area contributed by atoms with E-state index in [4.69, 9.17) is 18.9 Å². The summed E-state index contributed by atoms with van der Waals surface area (Å²) in [7, 11) is 1.59. The van der Waals surface area contributed by atoms with E-state index in [-0.39, 0.29) is 5.57 Å². The molecule has 0 atom stereocenters. The maximum atomic E-state index is 12.5. The number of imide groups is 1. The number of rotatable bonds is 7. The van der Waals surface area contributed by atoms with Crippen molar-refractivity contribution >= 4 is 29.7 Å². The number of carbonyl (C=O) groups excluding carboxylic acids is 3. The second-order valence-corrected chi connectivity index (χ2v) is 8.47. The van der Waals surface area contributed by atoms with E-state index in [0.29, 0.717) is 36.0 Å². The second kappa shape index (κ2) is 11.9. The fourth-order valence-corrected chi connectivity index (χ4v) is 4.01. The number of ether oxygens (including phenoxy) is 4. The summed E-state index contributed by atoms with van der Waals surface area (Å²) >= 11 is 0. The molecule has 2 N–H and O–H groups in total. The first-order chi connectivity index (χ1) is 18.8. The van der Waals surface area contributed by atoms with Crippen molar-refractivity contribution in [2.75, 3.05) is 32.2 Å². The summed E-state index contributed by atoms with van der Waals surface area (Å²) in [5.74, 6) is -0.109. The highest BCUT2D eigenvalue weighted by molar-refractivity contribution is 6.03. The second-order valence-electron chi connectivity index (χ2n) is 8.47. The fraction of sp³-hybridized carbons (Fsp3) is 0.214. The Morgan fingerprint density at radius 1 is 1.05 bits per heavy atom. The number of aryl methyl sites for hydroxylation is 1. The van der Waals surface area contributed by atoms with Gasteiger partial charge in [-0.1, -0.05) is 0 Å². The molecule has 11 nitrogen and oxygen atoms in total. The molecule has 4 rings (SSSR count). The first kappa shape index (κ1) is 26.8. The number of methoxy groups -OCH3 is 1. The molecule has 0 saturated carbocycles. The van der Waals surface area contributed by atoms with E-state index >= 15 is 0 Å². The number of fused-ring (bicyclic) bond motifs is 1. The molecule has 3 aromatic rings. The highest BCUT2D eigenvalue weighted by Gasteiger charge is 2.18. The lowest BCUT2D eigenvalue weighted by Crippen LogP contribution is -2.37. The van der Waals surface area contributed by atoms with Gasteiger partial charge in [-0.15, -0.1) is 0 Å². The van der Waals surface area contributed by atoms with Crippen molar-refractivity contribution in [2.24, 2.45) is 0 Å². The molecule has 0 bridgehead atoms. The zero-order valence-corrected chi connectivity index (χ0v) is 21.6. The first-order valence-electron chi connectivity index (χ1n) is 11.9. The smallest absolute Gasteiger partial charge is 0.349 e. The summed E-state index contributed by atoms with van der Waals surface area (Å²) in [5, 5.41) is 14.1. The normalized spacial score (nSPS) is 12.2. The van der Waals surface area contributed by atoms with Crippen LogP contribution < -0.4 is 24.8 Å². The van der Waals surface area contributed by atoms with Gasteiger partial charge >= 0.3 is 12.0 Å². The van der Waals surface area contributed by atoms with Crippen LogP contribution in [0.5, 0.6) is 17.2 Å². The van der Waals surface area contributed by atoms with Gasteiger partial charge in [-0.3, -0.25) is 10.1 Å². The van der Waals surface area contributed by atoms with E-state index in [0.717, 1.165) is 22.8 Å². The molecule has 0 fully saturated rings. The van der Waals surface area contributed by atoms with Crippen molar-refractivity contribution in [1.29, 1.82) is 5.26 Å². The summed E-state index contributed by atoms with van der Waals surface area (Å²) in [6.45, 7) is 3.83. The average molecular weight is 531 g/mol. The van der Waals surface area contributed by atoms with Gasteiger partial charge in [0.25, 0.3) is 5.91 Å². The predicted octanol–water partition coefficient (Wildman–Crippen LogP) is 3.67. The van der Waals surface area contributed by atoms with E-state index < -0.39 is 24.5 Å². The monoisotopic (exact) mass is 530 g/mol. The third-order valence-corrected chi connectivity index (χ3v) is 5.83. The number of nitrogens with one attached hydrogen (secondary N) is 2. The molecule has 0 aliphatic carbocycles. The van der Waals surface area contributed by atoms with Crippen LogP contribution in [0.3, 0.4) is 0 Å². The van der Waals surface area contributed by atoms with Crippen LogP contribution in [0.25, 0.3) is 11.8 Å². The zero-order valence-electron chi connectivity index (χ0n) is 21.6. The van der Waals surface area contributed by atoms with Crippen molar-refractivity contribution in [3.63, 3.8) is 0 Å². The number of carbonyl (C=O) groups is 3. The molecular formula is C28H26N4O7. The molecule has 2 heterocycles. The fourth-order valence-electron chi connectivity index (χ4n) is 4.01. The summed E-state index contributed by atoms with van der Waals surface area (Å²) in [4.78, 5) is 36.8. The van der Waals surface area contributed by atoms with Crippen LogP contribution in [-0.4, -0.2) is 49.4 Å². The largest absolute Gasteiger partial charge is 0.497 e. The number of benzene rings is 2. The molecule has 11 heteroatoms. The molecule has 0 spiro atoms. The standard InChI is InChI=1S/C28H26N4O7/c1-17-12-19(18(2)32(17)22-5-7-23(36-3)8-6-22)13-20(15-29)27(34)39-16-26(33)31-28(35)30-21-4-9-24-25(14-21)38-11-10-37-24/h4-9,12-14H,10-11,16H2,1-3H3,(H2,30,31,33,35). The number of aromatic nitrogens is 1. The Labute approximate surface area is 224 Å². The molecule has 200 valence electrons. The van der Waals surface area contributed by atoms with Gasteiger partial charge in [-0.05, 0) is 68.0 Å². The highest BCUT2D eigenvalue weighted by Crippen LogP contribution is 2.32. The Kier molecular flexibility index (Phi) is 8.16. The number of nitriles is 1. The summed E-state index contributed by atoms with van der Waals surface area (Å²) in [6, 6.07) is 15.1. The molecule has 1 aliphatic heterocycles. The summed E-state index contributed by atoms with van der Waals surface area (Å²) in [6.07, 6.45) is 1.40. The van der Waals surface area contributed by atoms with Crippen LogP contribution in [0, 0.1) is 25.2 Å². The lowest BCUT2D eigenvalue weighted by atomic mass is 10.1. The number of hydrogen-bond acceptors (Lipinski definition) is 8. The van der Waals surface area contributed by atoms with Crippen molar-refractivity contribution in [3.8, 4) is 29.0 Å². The highest BCUT2D eigenvalue weighted by atomic mass is 16.6. The molecule has 1 aliphatic rings. The van der Waals surface area contributed by atoms with Crippen LogP contribution >= 0.6 is 0 Å². The van der Waals surface area contributed by atoms with E-state index in [1.54, 1.807) is 25.3 Å². The Bertz CT molecular complexity index is 1480. The van der Waals surface area contributed by atoms with Gasteiger partial charge < -0.3 is 28.8 Å². The number of esters is 1. The third-order valence-electron chi connectivity index (χ3n) is 5.83. The van der Waals surface area contributed by atoms with E-state index in [2.05, 4.69) is 10.6 Å². The minimum Gasteiger partial charge on any atom is -0.497 e. The molecule has 0 unspecified atom stereocenters. The molecule has 3 amide bonds. The Hall–Kier alpha value is -5.24. The maximum Gasteiger partial charge on any atom is 0.349 e. The van der Waals surface area contributed by atoms with Crippen molar-refractivity contribution in [3.05, 3.63) is 71.1 Å². The summed E-state index contributed by atoms with van der Waals surface area (Å²) in [5.41, 5.74) is 3.30. The van der Waals surface area contributed by atoms with Gasteiger partial charge in [0.15, 0.2) is 18.1 Å². The molecule has 0 saturated heterocycles. The zero-order chi connectivity index (χ0) is 27.9. The SMILES string of the molecule is COc1ccc(-n2c(C)cc(C=C(C#N)C(=O)OCC(=O)NC(=O)Nc3ccc4c(c3)OCCO4)c2C)cc1. The van der Waals surface area contributed by atoms with Crippen LogP contribution in [0.15, 0.2) is 54.1 Å². The molecular weight excluding hydrogens is 504 g/mol. The lowest BCUT2D eigenvalue weighted by Gasteiger charge is -2.19. The van der Waals surface area contributed by atoms with Gasteiger partial charge in [0.1, 0.15) is 30.6 Å². The maximum absolute atomic E-state index is 12.5. The van der Waals surface area contributed by atoms with E-state index in [1.165, 1.54) is 6.08 Å². The van der Waals surface area contributed by atoms with E-state index in [1.807, 2.05) is 54.8 Å². The van der Waals surface area contributed by atoms with Gasteiger partial charge in [0.05, 0.1) is 7.11 Å². The molecule has 0 radical (unpaired) electrons. The van der Waals surface area contributed by atoms with Gasteiger partial charge in [-0.25, -0.2) is 9.59 Å². The number of urea groups is 1. The number of hydrogen-bond donors (Lipinski definition) is 2. The average Bonchev–Trinajstić information content (AvgIpc) is 3.22. The van der Waals surface area contributed by atoms with Crippen LogP contribution in [0.1, 0.15) is 17.0 Å². The first-order valence-corrected chi connectivity index (χ1v) is 11.9. The van der Waals surface area contributed by atoms with Crippen molar-refractivity contribution in [1.82, 2.24) is 9.88 Å². The quantitative estimate of drug-likeness (QED) is 0.268. The number of amides is 3. The Morgan fingerprint density at radius 3 is 2.46 bits per heavy atom. The van der Waals surface area contributed by atoms with Gasteiger partial charge in [0, 0.05) is 28.8 Å². The van der Waals surface area contributed by atoms with Crippen molar-refractivity contribution < 1.29 is 33.3 Å². The van der Waals surface area contributed by atoms with Crippen LogP contribution in [0.4, 0.5) is 10.5 Å². The van der Waals surface area contributed by atoms with Crippen LogP contribution in [-0.2, 0) is 14.3 Å². The van der Waals surface area contributed by atoms with Crippen LogP contribution in [0.2, 0.25) is 0 Å².